The Morgan fingerprint density at radius 1 is 0.545 bits per heavy atom. The van der Waals surface area contributed by atoms with Crippen molar-refractivity contribution in [2.75, 3.05) is 7.11 Å². The second-order valence-electron chi connectivity index (χ2n) is 13.4. The molecular formula is C43H60O. The molecule has 1 fully saturated rings. The predicted molar refractivity (Wildman–Crippen MR) is 194 cm³/mol. The van der Waals surface area contributed by atoms with Crippen molar-refractivity contribution in [3.8, 4) is 5.75 Å². The third-order valence-electron chi connectivity index (χ3n) is 7.99. The number of rotatable bonds is 9. The van der Waals surface area contributed by atoms with Gasteiger partial charge >= 0.3 is 0 Å². The summed E-state index contributed by atoms with van der Waals surface area (Å²) in [5, 5.41) is 0. The molecule has 0 spiro atoms. The van der Waals surface area contributed by atoms with Gasteiger partial charge in [0, 0.05) is 0 Å². The molecule has 0 unspecified atom stereocenters. The Morgan fingerprint density at radius 3 is 1.36 bits per heavy atom. The van der Waals surface area contributed by atoms with Crippen molar-refractivity contribution in [2.24, 2.45) is 5.92 Å². The maximum Gasteiger partial charge on any atom is 0.118 e. The van der Waals surface area contributed by atoms with Gasteiger partial charge in [0.2, 0.25) is 0 Å². The van der Waals surface area contributed by atoms with E-state index in [4.69, 9.17) is 4.74 Å². The molecule has 0 radical (unpaired) electrons. The fraction of sp³-hybridized carbons (Fsp3) is 0.442. The lowest BCUT2D eigenvalue weighted by atomic mass is 10.0. The van der Waals surface area contributed by atoms with Gasteiger partial charge in [-0.15, -0.1) is 0 Å². The molecule has 1 nitrogen and oxygen atoms in total. The normalized spacial score (nSPS) is 12.1. The van der Waals surface area contributed by atoms with E-state index in [1.54, 1.807) is 12.7 Å². The lowest BCUT2D eigenvalue weighted by Crippen LogP contribution is -1.90. The molecule has 1 saturated carbocycles. The van der Waals surface area contributed by atoms with E-state index in [0.717, 1.165) is 17.6 Å². The fourth-order valence-electron chi connectivity index (χ4n) is 4.76. The van der Waals surface area contributed by atoms with Crippen molar-refractivity contribution in [3.05, 3.63) is 137 Å². The first-order chi connectivity index (χ1) is 21.1. The Bertz CT molecular complexity index is 1210. The number of hydrogen-bond donors (Lipinski definition) is 0. The topological polar surface area (TPSA) is 9.23 Å². The fourth-order valence-corrected chi connectivity index (χ4v) is 4.76. The van der Waals surface area contributed by atoms with Gasteiger partial charge in [0.1, 0.15) is 5.75 Å². The van der Waals surface area contributed by atoms with E-state index >= 15 is 0 Å². The average molecular weight is 593 g/mol. The van der Waals surface area contributed by atoms with Crippen LogP contribution in [0.15, 0.2) is 109 Å². The summed E-state index contributed by atoms with van der Waals surface area (Å²) in [4.78, 5) is 0. The molecule has 0 atom stereocenters. The SMILES string of the molecule is CC(C)CCCc1ccccc1.CC(C)c1ccc(C2CC2)cc1.CC(C)c1ccccc1.COc1ccc(C(C)C)cc1. The molecular weight excluding hydrogens is 532 g/mol. The first-order valence-corrected chi connectivity index (χ1v) is 16.9. The van der Waals surface area contributed by atoms with Crippen molar-refractivity contribution in [2.45, 2.75) is 111 Å². The van der Waals surface area contributed by atoms with Crippen LogP contribution in [0.3, 0.4) is 0 Å². The highest BCUT2D eigenvalue weighted by Gasteiger charge is 2.22. The summed E-state index contributed by atoms with van der Waals surface area (Å²) in [6.07, 6.45) is 6.71. The van der Waals surface area contributed by atoms with Gasteiger partial charge in [0.15, 0.2) is 0 Å². The van der Waals surface area contributed by atoms with Crippen LogP contribution in [0.4, 0.5) is 0 Å². The van der Waals surface area contributed by atoms with Gasteiger partial charge in [-0.05, 0) is 95.2 Å². The van der Waals surface area contributed by atoms with Crippen LogP contribution in [0, 0.1) is 5.92 Å². The molecule has 44 heavy (non-hydrogen) atoms. The van der Waals surface area contributed by atoms with Crippen molar-refractivity contribution >= 4 is 0 Å². The summed E-state index contributed by atoms with van der Waals surface area (Å²) in [7, 11) is 1.68. The maximum absolute atomic E-state index is 5.05. The third-order valence-corrected chi connectivity index (χ3v) is 7.99. The number of benzene rings is 4. The zero-order chi connectivity index (χ0) is 32.3. The Labute approximate surface area is 271 Å². The number of methoxy groups -OCH3 is 1. The van der Waals surface area contributed by atoms with Gasteiger partial charge in [-0.2, -0.15) is 0 Å². The average Bonchev–Trinajstić information content (AvgIpc) is 3.89. The molecule has 1 aliphatic carbocycles. The van der Waals surface area contributed by atoms with Gasteiger partial charge in [0.05, 0.1) is 7.11 Å². The van der Waals surface area contributed by atoms with E-state index in [9.17, 15) is 0 Å². The van der Waals surface area contributed by atoms with E-state index in [1.807, 2.05) is 18.2 Å². The van der Waals surface area contributed by atoms with Crippen LogP contribution < -0.4 is 4.74 Å². The summed E-state index contributed by atoms with van der Waals surface area (Å²) in [6, 6.07) is 38.6. The van der Waals surface area contributed by atoms with Crippen molar-refractivity contribution in [1.82, 2.24) is 0 Å². The first kappa shape index (κ1) is 36.9. The zero-order valence-corrected chi connectivity index (χ0v) is 29.2. The summed E-state index contributed by atoms with van der Waals surface area (Å²) in [5.41, 5.74) is 7.24. The number of ether oxygens (including phenoxy) is 1. The Morgan fingerprint density at radius 2 is 0.977 bits per heavy atom. The van der Waals surface area contributed by atoms with Crippen molar-refractivity contribution in [1.29, 1.82) is 0 Å². The van der Waals surface area contributed by atoms with Crippen LogP contribution in [-0.4, -0.2) is 7.11 Å². The van der Waals surface area contributed by atoms with Gasteiger partial charge in [-0.25, -0.2) is 0 Å². The molecule has 1 aliphatic rings. The monoisotopic (exact) mass is 592 g/mol. The summed E-state index contributed by atoms with van der Waals surface area (Å²) < 4.78 is 5.05. The molecule has 238 valence electrons. The Kier molecular flexibility index (Phi) is 17.3. The van der Waals surface area contributed by atoms with Crippen LogP contribution in [0.5, 0.6) is 5.75 Å². The molecule has 1 heteroatoms. The standard InChI is InChI=1S/C12H16.C12H18.C10H14O.C9H12/c1-9(2)10-3-5-11(6-4-10)12-7-8-12;1-11(2)7-6-10-12-8-4-3-5-9-12;1-8(2)9-4-6-10(11-3)7-5-9;1-8(2)9-6-4-3-5-7-9/h3-6,9,12H,7-8H2,1-2H3;3-5,8-9,11H,6-7,10H2,1-2H3;4-8H,1-3H3;3-8H,1-2H3. The molecule has 0 heterocycles. The molecule has 0 aliphatic heterocycles. The molecule has 0 N–H and O–H groups in total. The molecule has 0 bridgehead atoms. The highest BCUT2D eigenvalue weighted by Crippen LogP contribution is 2.40. The van der Waals surface area contributed by atoms with Crippen molar-refractivity contribution < 1.29 is 4.74 Å². The molecule has 0 aromatic heterocycles. The minimum absolute atomic E-state index is 0.598. The van der Waals surface area contributed by atoms with E-state index in [2.05, 4.69) is 146 Å². The third kappa shape index (κ3) is 15.4. The lowest BCUT2D eigenvalue weighted by Gasteiger charge is -2.05. The largest absolute Gasteiger partial charge is 0.497 e. The smallest absolute Gasteiger partial charge is 0.118 e. The molecule has 0 amide bonds. The Balaban J connectivity index is 0.000000206. The van der Waals surface area contributed by atoms with Gasteiger partial charge < -0.3 is 4.74 Å². The van der Waals surface area contributed by atoms with Gasteiger partial charge in [0.25, 0.3) is 0 Å². The summed E-state index contributed by atoms with van der Waals surface area (Å²) in [5.74, 6) is 4.58. The van der Waals surface area contributed by atoms with Gasteiger partial charge in [-0.3, -0.25) is 0 Å². The van der Waals surface area contributed by atoms with Crippen LogP contribution in [0.1, 0.15) is 133 Å². The van der Waals surface area contributed by atoms with Crippen LogP contribution in [-0.2, 0) is 6.42 Å². The Hall–Kier alpha value is -3.32. The molecule has 0 saturated heterocycles. The van der Waals surface area contributed by atoms with Crippen LogP contribution in [0.2, 0.25) is 0 Å². The highest BCUT2D eigenvalue weighted by molar-refractivity contribution is 5.30. The molecule has 5 rings (SSSR count). The van der Waals surface area contributed by atoms with E-state index < -0.39 is 0 Å². The van der Waals surface area contributed by atoms with Crippen LogP contribution >= 0.6 is 0 Å². The molecule has 4 aromatic rings. The van der Waals surface area contributed by atoms with E-state index in [0.29, 0.717) is 17.8 Å². The maximum atomic E-state index is 5.05. The zero-order valence-electron chi connectivity index (χ0n) is 29.2. The minimum Gasteiger partial charge on any atom is -0.497 e. The molecule has 4 aromatic carbocycles. The second kappa shape index (κ2) is 20.6. The predicted octanol–water partition coefficient (Wildman–Crippen LogP) is 13.0. The van der Waals surface area contributed by atoms with Crippen LogP contribution in [0.25, 0.3) is 0 Å². The van der Waals surface area contributed by atoms with Gasteiger partial charge in [-0.1, -0.05) is 159 Å². The van der Waals surface area contributed by atoms with Crippen molar-refractivity contribution in [3.63, 3.8) is 0 Å². The number of aryl methyl sites for hydroxylation is 1. The quantitative estimate of drug-likeness (QED) is 0.188. The highest BCUT2D eigenvalue weighted by atomic mass is 16.5. The lowest BCUT2D eigenvalue weighted by molar-refractivity contribution is 0.414. The summed E-state index contributed by atoms with van der Waals surface area (Å²) >= 11 is 0. The minimum atomic E-state index is 0.598. The second-order valence-corrected chi connectivity index (χ2v) is 13.4. The first-order valence-electron chi connectivity index (χ1n) is 16.9. The van der Waals surface area contributed by atoms with E-state index in [1.165, 1.54) is 54.4 Å². The number of hydrogen-bond acceptors (Lipinski definition) is 1. The summed E-state index contributed by atoms with van der Waals surface area (Å²) in [6.45, 7) is 17.8. The van der Waals surface area contributed by atoms with E-state index in [-0.39, 0.29) is 0 Å².